The third kappa shape index (κ3) is 7.47. The summed E-state index contributed by atoms with van der Waals surface area (Å²) in [5.41, 5.74) is 2.29. The lowest BCUT2D eigenvalue weighted by Crippen LogP contribution is -2.48. The number of carbonyl (C=O) groups is 2. The van der Waals surface area contributed by atoms with E-state index in [1.54, 1.807) is 36.2 Å². The van der Waals surface area contributed by atoms with Crippen LogP contribution >= 0.6 is 11.6 Å². The van der Waals surface area contributed by atoms with Crippen molar-refractivity contribution in [2.45, 2.75) is 45.7 Å². The fourth-order valence-corrected chi connectivity index (χ4v) is 4.85. The first-order chi connectivity index (χ1) is 15.6. The molecule has 0 bridgehead atoms. The van der Waals surface area contributed by atoms with Crippen LogP contribution < -0.4 is 9.62 Å². The van der Waals surface area contributed by atoms with Crippen molar-refractivity contribution < 1.29 is 18.0 Å². The van der Waals surface area contributed by atoms with Gasteiger partial charge in [-0.05, 0) is 49.1 Å². The van der Waals surface area contributed by atoms with Crippen molar-refractivity contribution in [3.63, 3.8) is 0 Å². The highest BCUT2D eigenvalue weighted by Crippen LogP contribution is 2.23. The first kappa shape index (κ1) is 26.7. The Morgan fingerprint density at radius 2 is 1.73 bits per heavy atom. The molecule has 7 nitrogen and oxygen atoms in total. The lowest BCUT2D eigenvalue weighted by molar-refractivity contribution is -0.141. The number of nitrogens with zero attached hydrogens (tertiary/aromatic N) is 2. The van der Waals surface area contributed by atoms with E-state index in [-0.39, 0.29) is 31.3 Å². The molecule has 1 N–H and O–H groups in total. The zero-order chi connectivity index (χ0) is 24.6. The minimum Gasteiger partial charge on any atom is -0.357 e. The summed E-state index contributed by atoms with van der Waals surface area (Å²) in [6.45, 7) is 4.13. The van der Waals surface area contributed by atoms with Gasteiger partial charge in [-0.2, -0.15) is 0 Å². The van der Waals surface area contributed by atoms with Crippen LogP contribution in [-0.4, -0.2) is 51.0 Å². The maximum Gasteiger partial charge on any atom is 0.242 e. The quantitative estimate of drug-likeness (QED) is 0.516. The van der Waals surface area contributed by atoms with E-state index in [1.165, 1.54) is 4.31 Å². The molecular formula is C24H32ClN3O4S. The van der Waals surface area contributed by atoms with E-state index < -0.39 is 16.1 Å². The SMILES string of the molecule is CC[C@@H](C(=O)NC)N(Cc1ccc(Cl)cc1)C(=O)CCCN(c1ccccc1C)S(C)(=O)=O. The van der Waals surface area contributed by atoms with Crippen LogP contribution in [0.2, 0.25) is 5.02 Å². The molecule has 1 atom stereocenters. The van der Waals surface area contributed by atoms with Gasteiger partial charge in [0.25, 0.3) is 0 Å². The number of carbonyl (C=O) groups excluding carboxylic acids is 2. The maximum absolute atomic E-state index is 13.2. The number of para-hydroxylation sites is 1. The Labute approximate surface area is 201 Å². The lowest BCUT2D eigenvalue weighted by atomic mass is 10.1. The molecule has 0 saturated carbocycles. The number of benzene rings is 2. The van der Waals surface area contributed by atoms with Crippen molar-refractivity contribution >= 4 is 39.1 Å². The third-order valence-corrected chi connectivity index (χ3v) is 6.87. The Morgan fingerprint density at radius 3 is 2.27 bits per heavy atom. The van der Waals surface area contributed by atoms with E-state index in [0.717, 1.165) is 17.4 Å². The number of rotatable bonds is 11. The number of halogens is 1. The third-order valence-electron chi connectivity index (χ3n) is 5.43. The maximum atomic E-state index is 13.2. The van der Waals surface area contributed by atoms with Gasteiger partial charge in [-0.15, -0.1) is 0 Å². The summed E-state index contributed by atoms with van der Waals surface area (Å²) >= 11 is 5.97. The Balaban J connectivity index is 2.19. The molecule has 2 aromatic rings. The minimum atomic E-state index is -3.52. The van der Waals surface area contributed by atoms with E-state index in [9.17, 15) is 18.0 Å². The molecule has 33 heavy (non-hydrogen) atoms. The number of hydrogen-bond acceptors (Lipinski definition) is 4. The Kier molecular flexibility index (Phi) is 9.73. The second kappa shape index (κ2) is 12.0. The molecule has 2 aromatic carbocycles. The summed E-state index contributed by atoms with van der Waals surface area (Å²) < 4.78 is 26.2. The number of hydrogen-bond donors (Lipinski definition) is 1. The largest absolute Gasteiger partial charge is 0.357 e. The number of nitrogens with one attached hydrogen (secondary N) is 1. The molecule has 180 valence electrons. The van der Waals surface area contributed by atoms with E-state index in [4.69, 9.17) is 11.6 Å². The van der Waals surface area contributed by atoms with Crippen LogP contribution in [0.3, 0.4) is 0 Å². The smallest absolute Gasteiger partial charge is 0.242 e. The molecule has 0 heterocycles. The molecule has 0 spiro atoms. The van der Waals surface area contributed by atoms with Gasteiger partial charge in [0, 0.05) is 31.6 Å². The summed E-state index contributed by atoms with van der Waals surface area (Å²) in [6.07, 6.45) is 2.05. The highest BCUT2D eigenvalue weighted by atomic mass is 35.5. The molecule has 2 amide bonds. The fourth-order valence-electron chi connectivity index (χ4n) is 3.70. The van der Waals surface area contributed by atoms with Crippen LogP contribution in [0.5, 0.6) is 0 Å². The van der Waals surface area contributed by atoms with Crippen LogP contribution in [0.25, 0.3) is 0 Å². The number of sulfonamides is 1. The highest BCUT2D eigenvalue weighted by Gasteiger charge is 2.28. The van der Waals surface area contributed by atoms with Gasteiger partial charge < -0.3 is 10.2 Å². The van der Waals surface area contributed by atoms with Crippen LogP contribution in [0.1, 0.15) is 37.3 Å². The van der Waals surface area contributed by atoms with Crippen molar-refractivity contribution in [2.24, 2.45) is 0 Å². The van der Waals surface area contributed by atoms with Crippen molar-refractivity contribution in [2.75, 3.05) is 24.2 Å². The van der Waals surface area contributed by atoms with Crippen molar-refractivity contribution in [3.8, 4) is 0 Å². The van der Waals surface area contributed by atoms with Gasteiger partial charge in [-0.1, -0.05) is 48.9 Å². The Hall–Kier alpha value is -2.58. The molecule has 0 aromatic heterocycles. The first-order valence-corrected chi connectivity index (χ1v) is 13.1. The predicted molar refractivity (Wildman–Crippen MR) is 133 cm³/mol. The predicted octanol–water partition coefficient (Wildman–Crippen LogP) is 3.75. The van der Waals surface area contributed by atoms with E-state index >= 15 is 0 Å². The topological polar surface area (TPSA) is 86.8 Å². The standard InChI is InChI=1S/C24H32ClN3O4S/c1-5-21(24(30)26-3)27(17-19-12-14-20(25)15-13-19)23(29)11-8-16-28(33(4,31)32)22-10-7-6-9-18(22)2/h6-7,9-10,12-15,21H,5,8,11,16-17H2,1-4H3,(H,26,30)/t21-/m0/s1. The number of amides is 2. The van der Waals surface area contributed by atoms with Gasteiger partial charge in [-0.3, -0.25) is 13.9 Å². The summed E-state index contributed by atoms with van der Waals surface area (Å²) in [5, 5.41) is 3.22. The average molecular weight is 494 g/mol. The van der Waals surface area contributed by atoms with Crippen molar-refractivity contribution in [1.82, 2.24) is 10.2 Å². The molecule has 0 saturated heterocycles. The van der Waals surface area contributed by atoms with Gasteiger partial charge in [-0.25, -0.2) is 8.42 Å². The number of likely N-dealkylation sites (N-methyl/N-ethyl adjacent to an activating group) is 1. The van der Waals surface area contributed by atoms with Crippen molar-refractivity contribution in [3.05, 3.63) is 64.7 Å². The summed E-state index contributed by atoms with van der Waals surface area (Å²) in [5.74, 6) is -0.448. The van der Waals surface area contributed by atoms with E-state index in [1.807, 2.05) is 38.1 Å². The van der Waals surface area contributed by atoms with E-state index in [0.29, 0.717) is 23.6 Å². The van der Waals surface area contributed by atoms with Crippen LogP contribution in [0.4, 0.5) is 5.69 Å². The summed E-state index contributed by atoms with van der Waals surface area (Å²) in [7, 11) is -1.97. The van der Waals surface area contributed by atoms with Crippen LogP contribution in [0.15, 0.2) is 48.5 Å². The molecule has 0 aliphatic carbocycles. The van der Waals surface area contributed by atoms with Crippen LogP contribution in [0, 0.1) is 6.92 Å². The zero-order valence-corrected chi connectivity index (χ0v) is 21.1. The molecule has 0 radical (unpaired) electrons. The molecule has 2 rings (SSSR count). The Bertz CT molecular complexity index is 1060. The van der Waals surface area contributed by atoms with Gasteiger partial charge in [0.05, 0.1) is 11.9 Å². The molecular weight excluding hydrogens is 462 g/mol. The molecule has 9 heteroatoms. The Morgan fingerprint density at radius 1 is 1.09 bits per heavy atom. The monoisotopic (exact) mass is 493 g/mol. The van der Waals surface area contributed by atoms with Crippen LogP contribution in [-0.2, 0) is 26.2 Å². The highest BCUT2D eigenvalue weighted by molar-refractivity contribution is 7.92. The molecule has 0 aliphatic rings. The zero-order valence-electron chi connectivity index (χ0n) is 19.5. The van der Waals surface area contributed by atoms with Crippen molar-refractivity contribution in [1.29, 1.82) is 0 Å². The normalized spacial score (nSPS) is 12.2. The first-order valence-electron chi connectivity index (χ1n) is 10.9. The lowest BCUT2D eigenvalue weighted by Gasteiger charge is -2.31. The second-order valence-electron chi connectivity index (χ2n) is 7.91. The summed E-state index contributed by atoms with van der Waals surface area (Å²) in [4.78, 5) is 27.2. The van der Waals surface area contributed by atoms with Gasteiger partial charge >= 0.3 is 0 Å². The van der Waals surface area contributed by atoms with Gasteiger partial charge in [0.1, 0.15) is 6.04 Å². The second-order valence-corrected chi connectivity index (χ2v) is 10.3. The van der Waals surface area contributed by atoms with E-state index in [2.05, 4.69) is 5.32 Å². The number of aryl methyl sites for hydroxylation is 1. The minimum absolute atomic E-state index is 0.110. The van der Waals surface area contributed by atoms with Gasteiger partial charge in [0.15, 0.2) is 0 Å². The molecule has 0 unspecified atom stereocenters. The van der Waals surface area contributed by atoms with Gasteiger partial charge in [0.2, 0.25) is 21.8 Å². The number of anilines is 1. The molecule has 0 aliphatic heterocycles. The summed E-state index contributed by atoms with van der Waals surface area (Å²) in [6, 6.07) is 13.7. The fraction of sp³-hybridized carbons (Fsp3) is 0.417. The average Bonchev–Trinajstić information content (AvgIpc) is 2.77. The molecule has 0 fully saturated rings.